The highest BCUT2D eigenvalue weighted by molar-refractivity contribution is 5.05. The minimum atomic E-state index is 0.851. The number of fused-ring (bicyclic) bond motifs is 1. The van der Waals surface area contributed by atoms with Crippen molar-refractivity contribution in [3.63, 3.8) is 0 Å². The van der Waals surface area contributed by atoms with E-state index in [-0.39, 0.29) is 0 Å². The molecule has 1 atom stereocenters. The molecule has 12 heavy (non-hydrogen) atoms. The second-order valence-corrected chi connectivity index (χ2v) is 2.98. The minimum absolute atomic E-state index is 0.851. The Labute approximate surface area is 74.6 Å². The molecule has 1 unspecified atom stereocenters. The van der Waals surface area contributed by atoms with Gasteiger partial charge in [-0.2, -0.15) is 5.10 Å². The van der Waals surface area contributed by atoms with Gasteiger partial charge in [0, 0.05) is 18.4 Å². The fourth-order valence-electron chi connectivity index (χ4n) is 1.58. The Bertz CT molecular complexity index is 207. The second kappa shape index (κ2) is 4.29. The topological polar surface area (TPSA) is 17.8 Å². The molecule has 68 valence electrons. The third kappa shape index (κ3) is 1.68. The number of hydrogen-bond donors (Lipinski definition) is 0. The highest BCUT2D eigenvalue weighted by Crippen LogP contribution is 2.21. The standard InChI is InChI=1S/C8H12N2.C2H6/c1-2-7-5-8-3-4-9-10(8)6-7;1-2/h3-4,7H,2,5-6H2,1H3;1-2H3. The molecule has 0 aliphatic carbocycles. The molecule has 0 bridgehead atoms. The van der Waals surface area contributed by atoms with E-state index in [0.29, 0.717) is 0 Å². The zero-order valence-electron chi connectivity index (χ0n) is 8.25. The van der Waals surface area contributed by atoms with Crippen LogP contribution in [-0.2, 0) is 13.0 Å². The molecule has 0 spiro atoms. The first-order valence-corrected chi connectivity index (χ1v) is 4.91. The first kappa shape index (κ1) is 9.30. The maximum atomic E-state index is 4.21. The van der Waals surface area contributed by atoms with Crippen LogP contribution in [0.5, 0.6) is 0 Å². The quantitative estimate of drug-likeness (QED) is 0.626. The molecule has 0 saturated heterocycles. The normalized spacial score (nSPS) is 19.8. The van der Waals surface area contributed by atoms with Crippen molar-refractivity contribution in [2.75, 3.05) is 0 Å². The van der Waals surface area contributed by atoms with Crippen molar-refractivity contribution in [1.82, 2.24) is 9.78 Å². The average Bonchev–Trinajstić information content (AvgIpc) is 2.65. The van der Waals surface area contributed by atoms with Gasteiger partial charge >= 0.3 is 0 Å². The molecule has 0 aromatic carbocycles. The molecule has 2 rings (SSSR count). The van der Waals surface area contributed by atoms with Gasteiger partial charge in [0.25, 0.3) is 0 Å². The third-order valence-corrected chi connectivity index (χ3v) is 2.31. The van der Waals surface area contributed by atoms with Crippen LogP contribution in [0.4, 0.5) is 0 Å². The van der Waals surface area contributed by atoms with Gasteiger partial charge in [-0.15, -0.1) is 0 Å². The maximum absolute atomic E-state index is 4.21. The first-order chi connectivity index (χ1) is 5.90. The molecule has 1 aliphatic rings. The molecule has 0 saturated carbocycles. The monoisotopic (exact) mass is 166 g/mol. The predicted molar refractivity (Wildman–Crippen MR) is 51.1 cm³/mol. The van der Waals surface area contributed by atoms with Gasteiger partial charge in [0.2, 0.25) is 0 Å². The van der Waals surface area contributed by atoms with E-state index in [9.17, 15) is 0 Å². The molecule has 0 amide bonds. The van der Waals surface area contributed by atoms with Crippen LogP contribution in [-0.4, -0.2) is 9.78 Å². The summed E-state index contributed by atoms with van der Waals surface area (Å²) in [6, 6.07) is 2.12. The molecular formula is C10H18N2. The Morgan fingerprint density at radius 1 is 1.58 bits per heavy atom. The van der Waals surface area contributed by atoms with Gasteiger partial charge in [0.15, 0.2) is 0 Å². The Hall–Kier alpha value is -0.790. The molecule has 0 radical (unpaired) electrons. The average molecular weight is 166 g/mol. The van der Waals surface area contributed by atoms with E-state index in [1.165, 1.54) is 18.5 Å². The van der Waals surface area contributed by atoms with E-state index in [1.807, 2.05) is 20.0 Å². The largest absolute Gasteiger partial charge is 0.269 e. The van der Waals surface area contributed by atoms with Crippen molar-refractivity contribution >= 4 is 0 Å². The zero-order valence-corrected chi connectivity index (χ0v) is 8.25. The van der Waals surface area contributed by atoms with Crippen LogP contribution < -0.4 is 0 Å². The van der Waals surface area contributed by atoms with Gasteiger partial charge in [0.1, 0.15) is 0 Å². The van der Waals surface area contributed by atoms with Crippen molar-refractivity contribution < 1.29 is 0 Å². The van der Waals surface area contributed by atoms with E-state index in [0.717, 1.165) is 12.5 Å². The molecule has 2 heterocycles. The molecule has 1 aromatic heterocycles. The molecule has 0 fully saturated rings. The summed E-state index contributed by atoms with van der Waals surface area (Å²) in [5, 5.41) is 4.21. The number of nitrogens with zero attached hydrogens (tertiary/aromatic N) is 2. The second-order valence-electron chi connectivity index (χ2n) is 2.98. The fourth-order valence-corrected chi connectivity index (χ4v) is 1.58. The summed E-state index contributed by atoms with van der Waals surface area (Å²) in [6.07, 6.45) is 4.40. The Kier molecular flexibility index (Phi) is 3.32. The van der Waals surface area contributed by atoms with Gasteiger partial charge in [0.05, 0.1) is 0 Å². The Balaban J connectivity index is 0.000000336. The van der Waals surface area contributed by atoms with Crippen LogP contribution in [0.3, 0.4) is 0 Å². The summed E-state index contributed by atoms with van der Waals surface area (Å²) >= 11 is 0. The number of hydrogen-bond acceptors (Lipinski definition) is 1. The van der Waals surface area contributed by atoms with Gasteiger partial charge in [-0.05, 0) is 18.4 Å². The van der Waals surface area contributed by atoms with Crippen LogP contribution >= 0.6 is 0 Å². The summed E-state index contributed by atoms with van der Waals surface area (Å²) in [5.41, 5.74) is 1.41. The van der Waals surface area contributed by atoms with Gasteiger partial charge < -0.3 is 0 Å². The van der Waals surface area contributed by atoms with Crippen molar-refractivity contribution in [1.29, 1.82) is 0 Å². The maximum Gasteiger partial charge on any atom is 0.0492 e. The Morgan fingerprint density at radius 2 is 2.33 bits per heavy atom. The van der Waals surface area contributed by atoms with Gasteiger partial charge in [-0.3, -0.25) is 4.68 Å². The van der Waals surface area contributed by atoms with Crippen molar-refractivity contribution in [2.24, 2.45) is 5.92 Å². The molecule has 1 aliphatic heterocycles. The summed E-state index contributed by atoms with van der Waals surface area (Å²) < 4.78 is 2.12. The lowest BCUT2D eigenvalue weighted by molar-refractivity contribution is 0.475. The molecule has 1 aromatic rings. The van der Waals surface area contributed by atoms with Crippen LogP contribution in [0.15, 0.2) is 12.3 Å². The predicted octanol–water partition coefficient (Wildman–Crippen LogP) is 2.49. The minimum Gasteiger partial charge on any atom is -0.269 e. The van der Waals surface area contributed by atoms with E-state index >= 15 is 0 Å². The van der Waals surface area contributed by atoms with E-state index < -0.39 is 0 Å². The highest BCUT2D eigenvalue weighted by Gasteiger charge is 2.19. The van der Waals surface area contributed by atoms with Gasteiger partial charge in [-0.25, -0.2) is 0 Å². The molecule has 0 N–H and O–H groups in total. The van der Waals surface area contributed by atoms with Crippen LogP contribution in [0.1, 0.15) is 32.9 Å². The SMILES string of the molecule is CC.CCC1Cc2ccnn2C1. The molecule has 2 nitrogen and oxygen atoms in total. The van der Waals surface area contributed by atoms with Crippen LogP contribution in [0.25, 0.3) is 0 Å². The number of rotatable bonds is 1. The Morgan fingerprint density at radius 3 is 2.92 bits per heavy atom. The first-order valence-electron chi connectivity index (χ1n) is 4.91. The smallest absolute Gasteiger partial charge is 0.0492 e. The highest BCUT2D eigenvalue weighted by atomic mass is 15.3. The fraction of sp³-hybridized carbons (Fsp3) is 0.700. The lowest BCUT2D eigenvalue weighted by atomic mass is 10.0. The number of aromatic nitrogens is 2. The summed E-state index contributed by atoms with van der Waals surface area (Å²) in [7, 11) is 0. The molecule has 2 heteroatoms. The van der Waals surface area contributed by atoms with Crippen LogP contribution in [0, 0.1) is 5.92 Å². The van der Waals surface area contributed by atoms with E-state index in [4.69, 9.17) is 0 Å². The summed E-state index contributed by atoms with van der Waals surface area (Å²) in [6.45, 7) is 7.38. The van der Waals surface area contributed by atoms with E-state index in [2.05, 4.69) is 22.8 Å². The van der Waals surface area contributed by atoms with Gasteiger partial charge in [-0.1, -0.05) is 27.2 Å². The summed E-state index contributed by atoms with van der Waals surface area (Å²) in [5.74, 6) is 0.851. The molecular weight excluding hydrogens is 148 g/mol. The van der Waals surface area contributed by atoms with Crippen molar-refractivity contribution in [3.8, 4) is 0 Å². The third-order valence-electron chi connectivity index (χ3n) is 2.31. The van der Waals surface area contributed by atoms with Crippen molar-refractivity contribution in [2.45, 2.75) is 40.2 Å². The van der Waals surface area contributed by atoms with E-state index in [1.54, 1.807) is 0 Å². The van der Waals surface area contributed by atoms with Crippen molar-refractivity contribution in [3.05, 3.63) is 18.0 Å². The van der Waals surface area contributed by atoms with Crippen LogP contribution in [0.2, 0.25) is 0 Å². The lowest BCUT2D eigenvalue weighted by Crippen LogP contribution is -2.01. The summed E-state index contributed by atoms with van der Waals surface area (Å²) in [4.78, 5) is 0. The zero-order chi connectivity index (χ0) is 8.97. The lowest BCUT2D eigenvalue weighted by Gasteiger charge is -2.01.